The Labute approximate surface area is 127 Å². The molecule has 7 nitrogen and oxygen atoms in total. The molecule has 0 amide bonds. The minimum Gasteiger partial charge on any atom is -0.353 e. The normalized spacial score (nSPS) is 15.2. The molecule has 0 spiro atoms. The first-order valence-corrected chi connectivity index (χ1v) is 7.47. The highest BCUT2D eigenvalue weighted by Gasteiger charge is 2.20. The molecule has 112 valence electrons. The van der Waals surface area contributed by atoms with Crippen molar-refractivity contribution in [3.8, 4) is 0 Å². The van der Waals surface area contributed by atoms with Gasteiger partial charge in [0, 0.05) is 18.8 Å². The predicted octanol–water partition coefficient (Wildman–Crippen LogP) is 2.75. The van der Waals surface area contributed by atoms with E-state index < -0.39 is 0 Å². The molecule has 0 bridgehead atoms. The van der Waals surface area contributed by atoms with Crippen LogP contribution in [0.15, 0.2) is 35.0 Å². The molecule has 1 saturated heterocycles. The molecule has 1 fully saturated rings. The Kier molecular flexibility index (Phi) is 3.30. The van der Waals surface area contributed by atoms with Crippen molar-refractivity contribution in [1.82, 2.24) is 20.3 Å². The Morgan fingerprint density at radius 3 is 2.41 bits per heavy atom. The minimum atomic E-state index is 0.416. The summed E-state index contributed by atoms with van der Waals surface area (Å²) in [4.78, 5) is 11.4. The Bertz CT molecular complexity index is 766. The van der Waals surface area contributed by atoms with Crippen LogP contribution in [-0.2, 0) is 0 Å². The van der Waals surface area contributed by atoms with E-state index in [2.05, 4.69) is 30.5 Å². The second-order valence-corrected chi connectivity index (χ2v) is 5.35. The minimum absolute atomic E-state index is 0.416. The van der Waals surface area contributed by atoms with Gasteiger partial charge in [-0.3, -0.25) is 0 Å². The quantitative estimate of drug-likeness (QED) is 0.796. The van der Waals surface area contributed by atoms with Gasteiger partial charge in [0.2, 0.25) is 11.3 Å². The number of fused-ring (bicyclic) bond motifs is 1. The summed E-state index contributed by atoms with van der Waals surface area (Å²) in [5.74, 6) is 1.50. The lowest BCUT2D eigenvalue weighted by Crippen LogP contribution is -2.31. The summed E-state index contributed by atoms with van der Waals surface area (Å²) in [6.07, 6.45) is 3.60. The van der Waals surface area contributed by atoms with Crippen molar-refractivity contribution in [2.45, 2.75) is 19.3 Å². The fraction of sp³-hybridized carbons (Fsp3) is 0.333. The highest BCUT2D eigenvalue weighted by Crippen LogP contribution is 2.28. The second kappa shape index (κ2) is 5.59. The van der Waals surface area contributed by atoms with E-state index in [0.717, 1.165) is 24.6 Å². The molecule has 1 aliphatic rings. The summed E-state index contributed by atoms with van der Waals surface area (Å²) < 4.78 is 4.74. The van der Waals surface area contributed by atoms with Crippen LogP contribution in [0.3, 0.4) is 0 Å². The van der Waals surface area contributed by atoms with Crippen LogP contribution in [0.1, 0.15) is 19.3 Å². The fourth-order valence-corrected chi connectivity index (χ4v) is 2.70. The van der Waals surface area contributed by atoms with Gasteiger partial charge in [0.15, 0.2) is 11.6 Å². The van der Waals surface area contributed by atoms with Gasteiger partial charge in [-0.05, 0) is 41.7 Å². The molecule has 0 atom stereocenters. The molecule has 0 unspecified atom stereocenters. The first kappa shape index (κ1) is 13.0. The Morgan fingerprint density at radius 2 is 1.64 bits per heavy atom. The van der Waals surface area contributed by atoms with Crippen molar-refractivity contribution < 1.29 is 4.63 Å². The van der Waals surface area contributed by atoms with Crippen LogP contribution in [0.2, 0.25) is 0 Å². The summed E-state index contributed by atoms with van der Waals surface area (Å²) in [7, 11) is 0. The highest BCUT2D eigenvalue weighted by atomic mass is 16.6. The van der Waals surface area contributed by atoms with E-state index in [1.165, 1.54) is 19.3 Å². The first-order valence-electron chi connectivity index (χ1n) is 7.47. The van der Waals surface area contributed by atoms with Gasteiger partial charge in [0.05, 0.1) is 0 Å². The number of hydrogen-bond acceptors (Lipinski definition) is 7. The van der Waals surface area contributed by atoms with Gasteiger partial charge in [0.1, 0.15) is 0 Å². The average Bonchev–Trinajstić information content (AvgIpc) is 3.03. The molecule has 1 aromatic carbocycles. The Morgan fingerprint density at radius 1 is 0.909 bits per heavy atom. The van der Waals surface area contributed by atoms with Crippen LogP contribution in [-0.4, -0.2) is 33.4 Å². The van der Waals surface area contributed by atoms with E-state index in [4.69, 9.17) is 4.63 Å². The van der Waals surface area contributed by atoms with E-state index in [9.17, 15) is 0 Å². The molecule has 7 heteroatoms. The van der Waals surface area contributed by atoms with Crippen molar-refractivity contribution in [3.05, 3.63) is 30.3 Å². The number of nitrogens with one attached hydrogen (secondary N) is 1. The molecular weight excluding hydrogens is 280 g/mol. The lowest BCUT2D eigenvalue weighted by molar-refractivity contribution is 0.314. The molecule has 0 aliphatic carbocycles. The zero-order chi connectivity index (χ0) is 14.8. The third kappa shape index (κ3) is 2.45. The first-order chi connectivity index (χ1) is 10.9. The maximum Gasteiger partial charge on any atom is 0.245 e. The lowest BCUT2D eigenvalue weighted by Gasteiger charge is -2.28. The fourth-order valence-electron chi connectivity index (χ4n) is 2.70. The standard InChI is InChI=1S/C15H16N6O/c1-3-7-11(8-4-1)16-14-15(21-9-5-2-6-10-21)18-13-12(17-14)19-22-20-13/h1,3-4,7-8H,2,5-6,9-10H2,(H,16,17,19). The van der Waals surface area contributed by atoms with Crippen LogP contribution < -0.4 is 10.2 Å². The third-order valence-electron chi connectivity index (χ3n) is 3.79. The zero-order valence-electron chi connectivity index (χ0n) is 12.1. The summed E-state index contributed by atoms with van der Waals surface area (Å²) in [6, 6.07) is 9.92. The number of para-hydroxylation sites is 1. The molecule has 0 saturated carbocycles. The highest BCUT2D eigenvalue weighted by molar-refractivity contribution is 5.77. The molecular formula is C15H16N6O. The molecule has 4 rings (SSSR count). The largest absolute Gasteiger partial charge is 0.353 e. The number of hydrogen-bond donors (Lipinski definition) is 1. The molecule has 2 aromatic heterocycles. The van der Waals surface area contributed by atoms with Gasteiger partial charge in [-0.2, -0.15) is 0 Å². The van der Waals surface area contributed by atoms with Crippen LogP contribution in [0.4, 0.5) is 17.3 Å². The van der Waals surface area contributed by atoms with E-state index in [0.29, 0.717) is 17.1 Å². The van der Waals surface area contributed by atoms with Gasteiger partial charge in [-0.1, -0.05) is 18.2 Å². The van der Waals surface area contributed by atoms with Crippen LogP contribution in [0.25, 0.3) is 11.3 Å². The van der Waals surface area contributed by atoms with Gasteiger partial charge in [-0.25, -0.2) is 14.6 Å². The molecule has 3 heterocycles. The summed E-state index contributed by atoms with van der Waals surface area (Å²) in [5, 5.41) is 10.9. The van der Waals surface area contributed by atoms with Gasteiger partial charge < -0.3 is 10.2 Å². The van der Waals surface area contributed by atoms with Crippen molar-refractivity contribution >= 4 is 28.6 Å². The predicted molar refractivity (Wildman–Crippen MR) is 83.2 cm³/mol. The smallest absolute Gasteiger partial charge is 0.245 e. The molecule has 0 radical (unpaired) electrons. The number of rotatable bonds is 3. The molecule has 1 N–H and O–H groups in total. The van der Waals surface area contributed by atoms with Gasteiger partial charge >= 0.3 is 0 Å². The van der Waals surface area contributed by atoms with Crippen LogP contribution in [0, 0.1) is 0 Å². The maximum atomic E-state index is 4.74. The van der Waals surface area contributed by atoms with Crippen molar-refractivity contribution in [3.63, 3.8) is 0 Å². The van der Waals surface area contributed by atoms with E-state index in [1.807, 2.05) is 30.3 Å². The van der Waals surface area contributed by atoms with E-state index in [-0.39, 0.29) is 0 Å². The number of anilines is 3. The monoisotopic (exact) mass is 296 g/mol. The lowest BCUT2D eigenvalue weighted by atomic mass is 10.1. The van der Waals surface area contributed by atoms with Gasteiger partial charge in [-0.15, -0.1) is 0 Å². The maximum absolute atomic E-state index is 4.74. The number of nitrogens with zero attached hydrogens (tertiary/aromatic N) is 5. The Hall–Kier alpha value is -2.70. The van der Waals surface area contributed by atoms with E-state index >= 15 is 0 Å². The molecule has 3 aromatic rings. The summed E-state index contributed by atoms with van der Waals surface area (Å²) in [5.41, 5.74) is 1.82. The average molecular weight is 296 g/mol. The number of aromatic nitrogens is 4. The topological polar surface area (TPSA) is 80.0 Å². The SMILES string of the molecule is c1ccc(Nc2nc3nonc3nc2N2CCCCC2)cc1. The van der Waals surface area contributed by atoms with Crippen molar-refractivity contribution in [2.24, 2.45) is 0 Å². The third-order valence-corrected chi connectivity index (χ3v) is 3.79. The number of benzene rings is 1. The summed E-state index contributed by atoms with van der Waals surface area (Å²) in [6.45, 7) is 1.96. The van der Waals surface area contributed by atoms with Crippen LogP contribution >= 0.6 is 0 Å². The zero-order valence-corrected chi connectivity index (χ0v) is 12.1. The van der Waals surface area contributed by atoms with Crippen molar-refractivity contribution in [1.29, 1.82) is 0 Å². The van der Waals surface area contributed by atoms with Crippen LogP contribution in [0.5, 0.6) is 0 Å². The summed E-state index contributed by atoms with van der Waals surface area (Å²) >= 11 is 0. The number of piperidine rings is 1. The molecule has 1 aliphatic heterocycles. The molecule has 22 heavy (non-hydrogen) atoms. The Balaban J connectivity index is 1.76. The van der Waals surface area contributed by atoms with E-state index in [1.54, 1.807) is 0 Å². The second-order valence-electron chi connectivity index (χ2n) is 5.35. The van der Waals surface area contributed by atoms with Crippen molar-refractivity contribution in [2.75, 3.05) is 23.3 Å². The van der Waals surface area contributed by atoms with Gasteiger partial charge in [0.25, 0.3) is 0 Å².